The van der Waals surface area contributed by atoms with Crippen LogP contribution in [0, 0.1) is 6.42 Å². The SMILES string of the molecule is [C-]1C=Cc2ccccc2C1. The van der Waals surface area contributed by atoms with Gasteiger partial charge < -0.3 is 0 Å². The first-order valence-corrected chi connectivity index (χ1v) is 3.45. The lowest BCUT2D eigenvalue weighted by molar-refractivity contribution is 1.17. The number of rotatable bonds is 0. The van der Waals surface area contributed by atoms with Gasteiger partial charge in [-0.15, -0.1) is 5.56 Å². The Kier molecular flexibility index (Phi) is 1.24. The van der Waals surface area contributed by atoms with Crippen LogP contribution in [0.5, 0.6) is 0 Å². The molecule has 0 nitrogen and oxygen atoms in total. The van der Waals surface area contributed by atoms with Gasteiger partial charge in [-0.25, -0.2) is 12.2 Å². The van der Waals surface area contributed by atoms with Crippen LogP contribution in [0.4, 0.5) is 0 Å². The van der Waals surface area contributed by atoms with E-state index >= 15 is 0 Å². The third-order valence-corrected chi connectivity index (χ3v) is 1.73. The maximum absolute atomic E-state index is 3.16. The van der Waals surface area contributed by atoms with Crippen LogP contribution in [0.1, 0.15) is 11.1 Å². The molecule has 10 heavy (non-hydrogen) atoms. The molecule has 1 radical (unpaired) electrons. The molecule has 0 heterocycles. The normalized spacial score (nSPS) is 14.0. The van der Waals surface area contributed by atoms with Gasteiger partial charge in [-0.1, -0.05) is 36.2 Å². The van der Waals surface area contributed by atoms with Gasteiger partial charge in [0.1, 0.15) is 0 Å². The lowest BCUT2D eigenvalue weighted by atomic mass is 9.98. The largest absolute Gasteiger partial charge is 0.271 e. The van der Waals surface area contributed by atoms with Crippen LogP contribution in [-0.4, -0.2) is 0 Å². The Bertz CT molecular complexity index is 258. The summed E-state index contributed by atoms with van der Waals surface area (Å²) < 4.78 is 0. The van der Waals surface area contributed by atoms with Crippen molar-refractivity contribution >= 4 is 6.08 Å². The minimum absolute atomic E-state index is 0.965. The van der Waals surface area contributed by atoms with Crippen molar-refractivity contribution in [3.8, 4) is 0 Å². The second kappa shape index (κ2) is 2.22. The number of hydrogen-bond acceptors (Lipinski definition) is 0. The zero-order chi connectivity index (χ0) is 6.81. The average molecular weight is 128 g/mol. The lowest BCUT2D eigenvalue weighted by Gasteiger charge is -2.16. The lowest BCUT2D eigenvalue weighted by Crippen LogP contribution is -1.92. The van der Waals surface area contributed by atoms with Crippen LogP contribution >= 0.6 is 0 Å². The Morgan fingerprint density at radius 2 is 2.10 bits per heavy atom. The standard InChI is InChI=1S/C10H8/c1-2-6-10-8-4-3-7-9(10)5-1/h1-3,5-7H,8H2/q-1. The molecule has 0 fully saturated rings. The third-order valence-electron chi connectivity index (χ3n) is 1.73. The number of hydrogen-bond donors (Lipinski definition) is 0. The predicted molar refractivity (Wildman–Crippen MR) is 42.4 cm³/mol. The summed E-state index contributed by atoms with van der Waals surface area (Å²) in [7, 11) is 0. The zero-order valence-corrected chi connectivity index (χ0v) is 5.67. The molecule has 2 rings (SSSR count). The summed E-state index contributed by atoms with van der Waals surface area (Å²) in [5.74, 6) is 0. The van der Waals surface area contributed by atoms with Gasteiger partial charge in [0, 0.05) is 0 Å². The molecule has 0 saturated heterocycles. The molecule has 1 aromatic carbocycles. The van der Waals surface area contributed by atoms with Crippen LogP contribution < -0.4 is 0 Å². The molecule has 0 N–H and O–H groups in total. The van der Waals surface area contributed by atoms with Gasteiger partial charge in [0.25, 0.3) is 0 Å². The summed E-state index contributed by atoms with van der Waals surface area (Å²) in [6, 6.07) is 8.41. The Hall–Kier alpha value is -1.17. The molecule has 0 aliphatic heterocycles. The highest BCUT2D eigenvalue weighted by Gasteiger charge is 1.92. The molecule has 49 valence electrons. The Balaban J connectivity index is 2.54. The Morgan fingerprint density at radius 3 is 3.00 bits per heavy atom. The molecule has 0 saturated carbocycles. The maximum atomic E-state index is 3.16. The van der Waals surface area contributed by atoms with Crippen LogP contribution in [0.2, 0.25) is 0 Å². The molecule has 0 aromatic heterocycles. The summed E-state index contributed by atoms with van der Waals surface area (Å²) in [5.41, 5.74) is 2.71. The van der Waals surface area contributed by atoms with E-state index in [1.54, 1.807) is 0 Å². The van der Waals surface area contributed by atoms with E-state index in [1.807, 2.05) is 6.08 Å². The van der Waals surface area contributed by atoms with Gasteiger partial charge >= 0.3 is 0 Å². The fraction of sp³-hybridized carbons (Fsp3) is 0.100. The average Bonchev–Trinajstić information content (AvgIpc) is 2.05. The molecule has 0 amide bonds. The monoisotopic (exact) mass is 128 g/mol. The van der Waals surface area contributed by atoms with E-state index in [4.69, 9.17) is 0 Å². The van der Waals surface area contributed by atoms with Gasteiger partial charge in [-0.05, 0) is 0 Å². The molecule has 0 heteroatoms. The van der Waals surface area contributed by atoms with E-state index in [2.05, 4.69) is 36.8 Å². The van der Waals surface area contributed by atoms with E-state index < -0.39 is 0 Å². The first-order valence-electron chi connectivity index (χ1n) is 3.45. The highest BCUT2D eigenvalue weighted by molar-refractivity contribution is 5.58. The highest BCUT2D eigenvalue weighted by atomic mass is 14.1. The fourth-order valence-electron chi connectivity index (χ4n) is 1.18. The van der Waals surface area contributed by atoms with Gasteiger partial charge in [0.2, 0.25) is 0 Å². The van der Waals surface area contributed by atoms with E-state index in [0.717, 1.165) is 6.42 Å². The molecule has 1 aliphatic rings. The van der Waals surface area contributed by atoms with Crippen LogP contribution in [0.25, 0.3) is 6.08 Å². The molecule has 0 spiro atoms. The highest BCUT2D eigenvalue weighted by Crippen LogP contribution is 2.16. The number of benzene rings is 1. The molecule has 1 aliphatic carbocycles. The van der Waals surface area contributed by atoms with E-state index in [-0.39, 0.29) is 0 Å². The van der Waals surface area contributed by atoms with Crippen LogP contribution in [-0.2, 0) is 6.42 Å². The van der Waals surface area contributed by atoms with Gasteiger partial charge in [0.05, 0.1) is 0 Å². The van der Waals surface area contributed by atoms with E-state index in [9.17, 15) is 0 Å². The topological polar surface area (TPSA) is 0 Å². The van der Waals surface area contributed by atoms with Crippen molar-refractivity contribution in [3.63, 3.8) is 0 Å². The molecule has 1 aromatic rings. The van der Waals surface area contributed by atoms with E-state index in [0.29, 0.717) is 0 Å². The molecule has 0 atom stereocenters. The summed E-state index contributed by atoms with van der Waals surface area (Å²) in [6.45, 7) is 0. The Morgan fingerprint density at radius 1 is 1.20 bits per heavy atom. The first kappa shape index (κ1) is 5.60. The van der Waals surface area contributed by atoms with Crippen molar-refractivity contribution in [2.75, 3.05) is 0 Å². The second-order valence-electron chi connectivity index (χ2n) is 2.41. The maximum Gasteiger partial charge on any atom is -0.0612 e. The van der Waals surface area contributed by atoms with E-state index in [1.165, 1.54) is 11.1 Å². The minimum atomic E-state index is 0.965. The summed E-state index contributed by atoms with van der Waals surface area (Å²) in [4.78, 5) is 0. The molecular weight excluding hydrogens is 120 g/mol. The smallest absolute Gasteiger partial charge is 0.0612 e. The number of fused-ring (bicyclic) bond motifs is 1. The quantitative estimate of drug-likeness (QED) is 0.470. The van der Waals surface area contributed by atoms with Crippen LogP contribution in [0.3, 0.4) is 0 Å². The summed E-state index contributed by atoms with van der Waals surface area (Å²) in [5, 5.41) is 0. The molecule has 0 unspecified atom stereocenters. The fourth-order valence-corrected chi connectivity index (χ4v) is 1.18. The zero-order valence-electron chi connectivity index (χ0n) is 5.67. The van der Waals surface area contributed by atoms with Crippen molar-refractivity contribution in [1.29, 1.82) is 0 Å². The van der Waals surface area contributed by atoms with Gasteiger partial charge in [0.15, 0.2) is 0 Å². The van der Waals surface area contributed by atoms with Crippen molar-refractivity contribution < 1.29 is 0 Å². The van der Waals surface area contributed by atoms with Crippen molar-refractivity contribution in [2.24, 2.45) is 0 Å². The Labute approximate surface area is 61.2 Å². The third kappa shape index (κ3) is 0.820. The molecular formula is C10H8-. The van der Waals surface area contributed by atoms with Gasteiger partial charge in [-0.3, -0.25) is 6.42 Å². The predicted octanol–water partition coefficient (Wildman–Crippen LogP) is 2.34. The van der Waals surface area contributed by atoms with Gasteiger partial charge in [-0.2, -0.15) is 0 Å². The van der Waals surface area contributed by atoms with Crippen molar-refractivity contribution in [3.05, 3.63) is 47.9 Å². The van der Waals surface area contributed by atoms with Crippen LogP contribution in [0.15, 0.2) is 30.3 Å². The summed E-state index contributed by atoms with van der Waals surface area (Å²) >= 11 is 0. The summed E-state index contributed by atoms with van der Waals surface area (Å²) in [6.07, 6.45) is 8.21. The first-order chi connectivity index (χ1) is 4.97. The van der Waals surface area contributed by atoms with Crippen molar-refractivity contribution in [1.82, 2.24) is 0 Å². The second-order valence-corrected chi connectivity index (χ2v) is 2.41. The molecule has 0 bridgehead atoms. The minimum Gasteiger partial charge on any atom is -0.271 e. The van der Waals surface area contributed by atoms with Crippen molar-refractivity contribution in [2.45, 2.75) is 6.42 Å². The number of allylic oxidation sites excluding steroid dienone is 1.